The van der Waals surface area contributed by atoms with Crippen LogP contribution >= 0.6 is 0 Å². The fourth-order valence-electron chi connectivity index (χ4n) is 3.71. The van der Waals surface area contributed by atoms with Gasteiger partial charge in [0, 0.05) is 50.9 Å². The van der Waals surface area contributed by atoms with Crippen LogP contribution < -0.4 is 10.2 Å². The van der Waals surface area contributed by atoms with E-state index in [0.717, 1.165) is 23.2 Å². The number of nitrogens with zero attached hydrogens (tertiary/aromatic N) is 3. The lowest BCUT2D eigenvalue weighted by molar-refractivity contribution is -0.128. The van der Waals surface area contributed by atoms with E-state index in [4.69, 9.17) is 0 Å². The minimum Gasteiger partial charge on any atom is -0.338 e. The highest BCUT2D eigenvalue weighted by Crippen LogP contribution is 2.26. The Kier molecular flexibility index (Phi) is 4.56. The summed E-state index contributed by atoms with van der Waals surface area (Å²) in [6, 6.07) is 11.8. The van der Waals surface area contributed by atoms with Gasteiger partial charge < -0.3 is 10.2 Å². The van der Waals surface area contributed by atoms with Gasteiger partial charge in [0.05, 0.1) is 5.69 Å². The Labute approximate surface area is 152 Å². The highest BCUT2D eigenvalue weighted by Gasteiger charge is 2.31. The van der Waals surface area contributed by atoms with E-state index in [0.29, 0.717) is 32.6 Å². The summed E-state index contributed by atoms with van der Waals surface area (Å²) in [5.41, 5.74) is 3.17. The van der Waals surface area contributed by atoms with E-state index in [1.807, 2.05) is 47.5 Å². The van der Waals surface area contributed by atoms with Crippen molar-refractivity contribution in [2.75, 3.05) is 24.5 Å². The van der Waals surface area contributed by atoms with Gasteiger partial charge in [0.2, 0.25) is 5.91 Å². The number of benzene rings is 1. The van der Waals surface area contributed by atoms with Crippen LogP contribution in [-0.4, -0.2) is 41.5 Å². The molecule has 4 rings (SSSR count). The molecular formula is C20H22N4O2. The number of pyridine rings is 1. The Balaban J connectivity index is 1.30. The second kappa shape index (κ2) is 7.15. The van der Waals surface area contributed by atoms with Crippen LogP contribution in [0.5, 0.6) is 0 Å². The van der Waals surface area contributed by atoms with Crippen LogP contribution in [0.1, 0.15) is 17.5 Å². The number of likely N-dealkylation sites (tertiary alicyclic amines) is 1. The van der Waals surface area contributed by atoms with Gasteiger partial charge >= 0.3 is 6.03 Å². The van der Waals surface area contributed by atoms with Crippen LogP contribution in [-0.2, 0) is 17.8 Å². The van der Waals surface area contributed by atoms with Crippen LogP contribution in [0.2, 0.25) is 0 Å². The first kappa shape index (κ1) is 16.6. The highest BCUT2D eigenvalue weighted by molar-refractivity contribution is 5.94. The Morgan fingerprint density at radius 1 is 1.23 bits per heavy atom. The Morgan fingerprint density at radius 3 is 2.92 bits per heavy atom. The third-order valence-electron chi connectivity index (χ3n) is 5.07. The zero-order chi connectivity index (χ0) is 17.9. The van der Waals surface area contributed by atoms with E-state index in [1.165, 1.54) is 0 Å². The number of hydrogen-bond donors (Lipinski definition) is 1. The quantitative estimate of drug-likeness (QED) is 0.919. The summed E-state index contributed by atoms with van der Waals surface area (Å²) in [5, 5.41) is 3.00. The molecule has 26 heavy (non-hydrogen) atoms. The van der Waals surface area contributed by atoms with Gasteiger partial charge in [0.1, 0.15) is 0 Å². The molecule has 1 aromatic heterocycles. The van der Waals surface area contributed by atoms with Gasteiger partial charge in [-0.3, -0.25) is 14.7 Å². The van der Waals surface area contributed by atoms with Crippen LogP contribution in [0.4, 0.5) is 10.5 Å². The molecule has 0 spiro atoms. The van der Waals surface area contributed by atoms with Crippen molar-refractivity contribution in [1.82, 2.24) is 15.2 Å². The van der Waals surface area contributed by atoms with Crippen LogP contribution in [0.15, 0.2) is 48.8 Å². The third-order valence-corrected chi connectivity index (χ3v) is 5.07. The summed E-state index contributed by atoms with van der Waals surface area (Å²) in [5.74, 6) is 0.320. The lowest BCUT2D eigenvalue weighted by atomic mass is 10.1. The second-order valence-electron chi connectivity index (χ2n) is 6.92. The molecule has 0 aliphatic carbocycles. The summed E-state index contributed by atoms with van der Waals surface area (Å²) in [6.07, 6.45) is 4.86. The van der Waals surface area contributed by atoms with E-state index in [2.05, 4.69) is 10.3 Å². The van der Waals surface area contributed by atoms with Crippen molar-refractivity contribution < 1.29 is 9.59 Å². The topological polar surface area (TPSA) is 65.5 Å². The molecule has 3 heterocycles. The molecule has 6 nitrogen and oxygen atoms in total. The molecule has 2 aromatic rings. The fourth-order valence-corrected chi connectivity index (χ4v) is 3.71. The average Bonchev–Trinajstić information content (AvgIpc) is 3.24. The molecule has 2 aliphatic heterocycles. The molecule has 0 unspecified atom stereocenters. The number of anilines is 1. The summed E-state index contributed by atoms with van der Waals surface area (Å²) in [7, 11) is 0. The number of urea groups is 1. The predicted octanol–water partition coefficient (Wildman–Crippen LogP) is 2.20. The second-order valence-corrected chi connectivity index (χ2v) is 6.92. The molecular weight excluding hydrogens is 328 g/mol. The maximum atomic E-state index is 12.5. The van der Waals surface area contributed by atoms with E-state index in [-0.39, 0.29) is 17.9 Å². The van der Waals surface area contributed by atoms with Gasteiger partial charge in [-0.05, 0) is 23.6 Å². The molecule has 1 N–H and O–H groups in total. The number of hydrogen-bond acceptors (Lipinski definition) is 3. The minimum absolute atomic E-state index is 0.0936. The van der Waals surface area contributed by atoms with Crippen molar-refractivity contribution in [3.05, 3.63) is 59.9 Å². The first-order valence-corrected chi connectivity index (χ1v) is 9.00. The lowest BCUT2D eigenvalue weighted by Crippen LogP contribution is -2.41. The van der Waals surface area contributed by atoms with E-state index in [9.17, 15) is 9.59 Å². The summed E-state index contributed by atoms with van der Waals surface area (Å²) < 4.78 is 0. The molecule has 3 amide bonds. The van der Waals surface area contributed by atoms with Crippen molar-refractivity contribution in [2.24, 2.45) is 5.92 Å². The molecule has 6 heteroatoms. The van der Waals surface area contributed by atoms with Crippen molar-refractivity contribution in [2.45, 2.75) is 19.4 Å². The molecule has 1 aromatic carbocycles. The summed E-state index contributed by atoms with van der Waals surface area (Å²) in [6.45, 7) is 2.52. The number of carbonyl (C=O) groups excluding carboxylic acids is 2. The van der Waals surface area contributed by atoms with Crippen molar-refractivity contribution in [1.29, 1.82) is 0 Å². The van der Waals surface area contributed by atoms with Crippen molar-refractivity contribution in [3.63, 3.8) is 0 Å². The molecule has 2 aliphatic rings. The number of aromatic nitrogens is 1. The van der Waals surface area contributed by atoms with Gasteiger partial charge in [0.15, 0.2) is 0 Å². The number of nitrogens with one attached hydrogen (secondary N) is 1. The lowest BCUT2D eigenvalue weighted by Gasteiger charge is -2.20. The SMILES string of the molecule is O=C1C[C@H](CNC(=O)N2CCc3cnccc32)CN1Cc1ccccc1. The van der Waals surface area contributed by atoms with Crippen molar-refractivity contribution in [3.8, 4) is 0 Å². The molecule has 134 valence electrons. The number of amides is 3. The summed E-state index contributed by atoms with van der Waals surface area (Å²) in [4.78, 5) is 32.5. The van der Waals surface area contributed by atoms with Gasteiger partial charge in [0.25, 0.3) is 0 Å². The first-order chi connectivity index (χ1) is 12.7. The number of rotatable bonds is 4. The summed E-state index contributed by atoms with van der Waals surface area (Å²) >= 11 is 0. The monoisotopic (exact) mass is 350 g/mol. The molecule has 1 atom stereocenters. The van der Waals surface area contributed by atoms with Gasteiger partial charge in [-0.25, -0.2) is 4.79 Å². The number of carbonyl (C=O) groups is 2. The average molecular weight is 350 g/mol. The molecule has 1 saturated heterocycles. The van der Waals surface area contributed by atoms with E-state index < -0.39 is 0 Å². The fraction of sp³-hybridized carbons (Fsp3) is 0.350. The third kappa shape index (κ3) is 3.40. The first-order valence-electron chi connectivity index (χ1n) is 9.00. The standard InChI is InChI=1S/C20H22N4O2/c25-19-10-16(14-23(19)13-15-4-2-1-3-5-15)11-22-20(26)24-9-7-17-12-21-8-6-18(17)24/h1-6,8,12,16H,7,9-11,13-14H2,(H,22,26)/t16-/m1/s1. The normalized spacial score (nSPS) is 18.9. The molecule has 0 bridgehead atoms. The zero-order valence-corrected chi connectivity index (χ0v) is 14.6. The van der Waals surface area contributed by atoms with Gasteiger partial charge in [-0.2, -0.15) is 0 Å². The highest BCUT2D eigenvalue weighted by atomic mass is 16.2. The van der Waals surface area contributed by atoms with Gasteiger partial charge in [-0.15, -0.1) is 0 Å². The maximum absolute atomic E-state index is 12.5. The van der Waals surface area contributed by atoms with Crippen LogP contribution in [0.25, 0.3) is 0 Å². The molecule has 1 fully saturated rings. The smallest absolute Gasteiger partial charge is 0.321 e. The Bertz CT molecular complexity index is 808. The minimum atomic E-state index is -0.0936. The Hall–Kier alpha value is -2.89. The Morgan fingerprint density at radius 2 is 2.08 bits per heavy atom. The van der Waals surface area contributed by atoms with Crippen LogP contribution in [0, 0.1) is 5.92 Å². The van der Waals surface area contributed by atoms with E-state index in [1.54, 1.807) is 11.1 Å². The maximum Gasteiger partial charge on any atom is 0.321 e. The van der Waals surface area contributed by atoms with Gasteiger partial charge in [-0.1, -0.05) is 30.3 Å². The molecule has 0 saturated carbocycles. The van der Waals surface area contributed by atoms with Crippen LogP contribution in [0.3, 0.4) is 0 Å². The number of fused-ring (bicyclic) bond motifs is 1. The largest absolute Gasteiger partial charge is 0.338 e. The molecule has 0 radical (unpaired) electrons. The zero-order valence-electron chi connectivity index (χ0n) is 14.6. The van der Waals surface area contributed by atoms with E-state index >= 15 is 0 Å². The van der Waals surface area contributed by atoms with Crippen molar-refractivity contribution >= 4 is 17.6 Å². The predicted molar refractivity (Wildman–Crippen MR) is 98.7 cm³/mol.